The minimum atomic E-state index is 0.105. The van der Waals surface area contributed by atoms with Crippen LogP contribution in [0.15, 0.2) is 48.7 Å². The summed E-state index contributed by atoms with van der Waals surface area (Å²) in [6.07, 6.45) is 8.09. The molecule has 0 unspecified atom stereocenters. The number of rotatable bonds is 5. The molecule has 7 heteroatoms. The van der Waals surface area contributed by atoms with Gasteiger partial charge in [-0.15, -0.1) is 0 Å². The van der Waals surface area contributed by atoms with Crippen molar-refractivity contribution in [1.82, 2.24) is 15.2 Å². The molecule has 7 nitrogen and oxygen atoms in total. The van der Waals surface area contributed by atoms with Crippen LogP contribution in [0.25, 0.3) is 0 Å². The highest BCUT2D eigenvalue weighted by atomic mass is 16.2. The average molecular weight is 462 g/mol. The minimum absolute atomic E-state index is 0.105. The molecule has 1 aromatic heterocycles. The molecule has 2 aliphatic heterocycles. The molecular weight excluding hydrogens is 426 g/mol. The van der Waals surface area contributed by atoms with E-state index in [0.29, 0.717) is 13.1 Å². The first-order chi connectivity index (χ1) is 16.7. The second-order valence-corrected chi connectivity index (χ2v) is 9.74. The maximum atomic E-state index is 13.5. The molecule has 2 amide bonds. The Morgan fingerprint density at radius 2 is 1.50 bits per heavy atom. The lowest BCUT2D eigenvalue weighted by atomic mass is 10.0. The zero-order valence-corrected chi connectivity index (χ0v) is 19.9. The van der Waals surface area contributed by atoms with Gasteiger partial charge in [-0.05, 0) is 49.9 Å². The van der Waals surface area contributed by atoms with Crippen molar-refractivity contribution >= 4 is 23.3 Å². The third-order valence-corrected chi connectivity index (χ3v) is 7.58. The number of piperazine rings is 1. The van der Waals surface area contributed by atoms with Crippen molar-refractivity contribution in [3.8, 4) is 0 Å². The summed E-state index contributed by atoms with van der Waals surface area (Å²) in [6.45, 7) is 4.67. The second kappa shape index (κ2) is 10.5. The summed E-state index contributed by atoms with van der Waals surface area (Å²) < 4.78 is 0. The third-order valence-electron chi connectivity index (χ3n) is 7.58. The first kappa shape index (κ1) is 22.7. The smallest absolute Gasteiger partial charge is 0.256 e. The van der Waals surface area contributed by atoms with Crippen LogP contribution < -0.4 is 15.1 Å². The lowest BCUT2D eigenvalue weighted by Gasteiger charge is -2.37. The molecule has 1 saturated carbocycles. The first-order valence-electron chi connectivity index (χ1n) is 12.8. The average Bonchev–Trinajstić information content (AvgIpc) is 3.45. The lowest BCUT2D eigenvalue weighted by Crippen LogP contribution is -2.49. The molecule has 0 radical (unpaired) electrons. The summed E-state index contributed by atoms with van der Waals surface area (Å²) in [4.78, 5) is 36.9. The topological polar surface area (TPSA) is 68.8 Å². The number of piperidine rings is 1. The second-order valence-electron chi connectivity index (χ2n) is 9.74. The summed E-state index contributed by atoms with van der Waals surface area (Å²) >= 11 is 0. The number of hydrogen-bond donors (Lipinski definition) is 1. The van der Waals surface area contributed by atoms with Gasteiger partial charge in [0, 0.05) is 63.1 Å². The van der Waals surface area contributed by atoms with Crippen molar-refractivity contribution in [1.29, 1.82) is 0 Å². The van der Waals surface area contributed by atoms with Gasteiger partial charge in [-0.1, -0.05) is 31.0 Å². The number of hydrogen-bond acceptors (Lipinski definition) is 5. The van der Waals surface area contributed by atoms with Gasteiger partial charge >= 0.3 is 0 Å². The molecule has 0 spiro atoms. The van der Waals surface area contributed by atoms with Crippen LogP contribution in [0.2, 0.25) is 0 Å². The van der Waals surface area contributed by atoms with E-state index < -0.39 is 0 Å². The van der Waals surface area contributed by atoms with E-state index in [2.05, 4.69) is 26.2 Å². The predicted octanol–water partition coefficient (Wildman–Crippen LogP) is 3.32. The van der Waals surface area contributed by atoms with E-state index in [1.165, 1.54) is 12.8 Å². The predicted molar refractivity (Wildman–Crippen MR) is 134 cm³/mol. The fourth-order valence-electron chi connectivity index (χ4n) is 5.55. The molecule has 3 heterocycles. The van der Waals surface area contributed by atoms with Crippen molar-refractivity contribution in [2.75, 3.05) is 49.1 Å². The summed E-state index contributed by atoms with van der Waals surface area (Å²) in [6, 6.07) is 14.2. The van der Waals surface area contributed by atoms with Crippen molar-refractivity contribution in [2.45, 2.75) is 44.6 Å². The van der Waals surface area contributed by atoms with Crippen LogP contribution >= 0.6 is 0 Å². The number of aromatic nitrogens is 1. The van der Waals surface area contributed by atoms with Gasteiger partial charge in [-0.2, -0.15) is 0 Å². The maximum Gasteiger partial charge on any atom is 0.256 e. The monoisotopic (exact) mass is 461 g/mol. The van der Waals surface area contributed by atoms with Crippen LogP contribution in [-0.2, 0) is 4.79 Å². The Morgan fingerprint density at radius 1 is 0.794 bits per heavy atom. The van der Waals surface area contributed by atoms with Crippen LogP contribution in [0.4, 0.5) is 11.5 Å². The van der Waals surface area contributed by atoms with Gasteiger partial charge in [-0.3, -0.25) is 9.59 Å². The molecule has 1 N–H and O–H groups in total. The van der Waals surface area contributed by atoms with Crippen LogP contribution in [0.5, 0.6) is 0 Å². The SMILES string of the molecule is O=C(NC1CCN(c2ccccc2C(=O)N2CCN(c3ccccn3)CC2)CC1)C1CCCC1. The quantitative estimate of drug-likeness (QED) is 0.740. The highest BCUT2D eigenvalue weighted by molar-refractivity contribution is 6.00. The van der Waals surface area contributed by atoms with Gasteiger partial charge in [0.2, 0.25) is 5.91 Å². The standard InChI is InChI=1S/C27H35N5O2/c33-26(21-7-1-2-8-21)29-22-12-15-30(16-13-22)24-10-4-3-9-23(24)27(34)32-19-17-31(18-20-32)25-11-5-6-14-28-25/h3-6,9-11,14,21-22H,1-2,7-8,12-13,15-20H2,(H,29,33). The number of para-hydroxylation sites is 1. The molecular formula is C27H35N5O2. The fraction of sp³-hybridized carbons (Fsp3) is 0.519. The molecule has 2 saturated heterocycles. The Bertz CT molecular complexity index is 976. The van der Waals surface area contributed by atoms with E-state index in [9.17, 15) is 9.59 Å². The van der Waals surface area contributed by atoms with E-state index in [0.717, 1.165) is 68.9 Å². The van der Waals surface area contributed by atoms with E-state index in [1.807, 2.05) is 47.5 Å². The maximum absolute atomic E-state index is 13.5. The van der Waals surface area contributed by atoms with E-state index in [1.54, 1.807) is 0 Å². The number of nitrogens with zero attached hydrogens (tertiary/aromatic N) is 4. The third kappa shape index (κ3) is 5.03. The van der Waals surface area contributed by atoms with Gasteiger partial charge in [0.25, 0.3) is 5.91 Å². The van der Waals surface area contributed by atoms with Gasteiger partial charge in [-0.25, -0.2) is 4.98 Å². The molecule has 0 bridgehead atoms. The van der Waals surface area contributed by atoms with E-state index in [4.69, 9.17) is 0 Å². The van der Waals surface area contributed by atoms with Crippen molar-refractivity contribution in [2.24, 2.45) is 5.92 Å². The molecule has 5 rings (SSSR count). The summed E-state index contributed by atoms with van der Waals surface area (Å²) in [5.74, 6) is 1.54. The van der Waals surface area contributed by atoms with E-state index >= 15 is 0 Å². The van der Waals surface area contributed by atoms with Crippen molar-refractivity contribution < 1.29 is 9.59 Å². The fourth-order valence-corrected chi connectivity index (χ4v) is 5.55. The number of carbonyl (C=O) groups excluding carboxylic acids is 2. The molecule has 1 aromatic carbocycles. The largest absolute Gasteiger partial charge is 0.371 e. The van der Waals surface area contributed by atoms with Crippen LogP contribution in [-0.4, -0.2) is 67.0 Å². The van der Waals surface area contributed by atoms with Gasteiger partial charge in [0.15, 0.2) is 0 Å². The number of anilines is 2. The van der Waals surface area contributed by atoms with Gasteiger partial charge in [0.1, 0.15) is 5.82 Å². The first-order valence-corrected chi connectivity index (χ1v) is 12.8. The summed E-state index contributed by atoms with van der Waals surface area (Å²) in [5.41, 5.74) is 1.79. The van der Waals surface area contributed by atoms with Crippen LogP contribution in [0.3, 0.4) is 0 Å². The number of amides is 2. The minimum Gasteiger partial charge on any atom is -0.371 e. The number of carbonyl (C=O) groups is 2. The summed E-state index contributed by atoms with van der Waals surface area (Å²) in [5, 5.41) is 3.29. The number of benzene rings is 1. The Kier molecular flexibility index (Phi) is 6.97. The highest BCUT2D eigenvalue weighted by Crippen LogP contribution is 2.28. The molecule has 3 fully saturated rings. The lowest BCUT2D eigenvalue weighted by molar-refractivity contribution is -0.125. The van der Waals surface area contributed by atoms with E-state index in [-0.39, 0.29) is 23.8 Å². The number of pyridine rings is 1. The Morgan fingerprint density at radius 3 is 2.21 bits per heavy atom. The molecule has 3 aliphatic rings. The number of nitrogens with one attached hydrogen (secondary N) is 1. The Labute approximate surface area is 202 Å². The van der Waals surface area contributed by atoms with Crippen LogP contribution in [0, 0.1) is 5.92 Å². The molecule has 2 aromatic rings. The zero-order chi connectivity index (χ0) is 23.3. The molecule has 0 atom stereocenters. The normalized spacial score (nSPS) is 19.9. The highest BCUT2D eigenvalue weighted by Gasteiger charge is 2.29. The molecule has 180 valence electrons. The van der Waals surface area contributed by atoms with Crippen molar-refractivity contribution in [3.05, 3.63) is 54.2 Å². The Hall–Kier alpha value is -3.09. The summed E-state index contributed by atoms with van der Waals surface area (Å²) in [7, 11) is 0. The molecule has 1 aliphatic carbocycles. The Balaban J connectivity index is 1.18. The van der Waals surface area contributed by atoms with Crippen molar-refractivity contribution in [3.63, 3.8) is 0 Å². The molecule has 34 heavy (non-hydrogen) atoms. The van der Waals surface area contributed by atoms with Gasteiger partial charge < -0.3 is 20.0 Å². The van der Waals surface area contributed by atoms with Gasteiger partial charge in [0.05, 0.1) is 5.56 Å². The zero-order valence-electron chi connectivity index (χ0n) is 19.9. The van der Waals surface area contributed by atoms with Crippen LogP contribution in [0.1, 0.15) is 48.9 Å².